The highest BCUT2D eigenvalue weighted by Crippen LogP contribution is 2.42. The monoisotopic (exact) mass is 652 g/mol. The normalized spacial score (nSPS) is 11.1. The van der Waals surface area contributed by atoms with Gasteiger partial charge in [0.25, 0.3) is 0 Å². The van der Waals surface area contributed by atoms with Crippen molar-refractivity contribution < 1.29 is 4.42 Å². The van der Waals surface area contributed by atoms with Gasteiger partial charge in [0, 0.05) is 21.9 Å². The summed E-state index contributed by atoms with van der Waals surface area (Å²) >= 11 is 0. The first-order valence-electron chi connectivity index (χ1n) is 16.8. The zero-order chi connectivity index (χ0) is 34.1. The van der Waals surface area contributed by atoms with Crippen LogP contribution in [0.3, 0.4) is 0 Å². The zero-order valence-electron chi connectivity index (χ0n) is 27.4. The van der Waals surface area contributed by atoms with E-state index in [0.717, 1.165) is 72.0 Å². The lowest BCUT2D eigenvalue weighted by Crippen LogP contribution is -2.02. The molecule has 0 amide bonds. The molecule has 2 heterocycles. The number of nitriles is 1. The molecule has 0 atom stereocenters. The molecule has 0 spiro atoms. The topological polar surface area (TPSA) is 75.6 Å². The summed E-state index contributed by atoms with van der Waals surface area (Å²) in [6.07, 6.45) is 0. The average molecular weight is 653 g/mol. The van der Waals surface area contributed by atoms with Crippen LogP contribution in [0.1, 0.15) is 5.56 Å². The van der Waals surface area contributed by atoms with Gasteiger partial charge >= 0.3 is 0 Å². The Morgan fingerprint density at radius 3 is 1.67 bits per heavy atom. The summed E-state index contributed by atoms with van der Waals surface area (Å²) in [5, 5.41) is 11.3. The lowest BCUT2D eigenvalue weighted by atomic mass is 9.94. The molecule has 9 aromatic rings. The largest absolute Gasteiger partial charge is 0.455 e. The fraction of sp³-hybridized carbons (Fsp3) is 0. The predicted molar refractivity (Wildman–Crippen MR) is 204 cm³/mol. The third kappa shape index (κ3) is 5.51. The van der Waals surface area contributed by atoms with Gasteiger partial charge in [-0.15, -0.1) is 0 Å². The number of hydrogen-bond acceptors (Lipinski definition) is 5. The van der Waals surface area contributed by atoms with Crippen molar-refractivity contribution in [2.75, 3.05) is 0 Å². The molecule has 0 bridgehead atoms. The van der Waals surface area contributed by atoms with Gasteiger partial charge in [-0.05, 0) is 57.6 Å². The molecule has 5 nitrogen and oxygen atoms in total. The van der Waals surface area contributed by atoms with E-state index in [1.807, 2.05) is 103 Å². The third-order valence-electron chi connectivity index (χ3n) is 9.23. The molecule has 7 aromatic carbocycles. The summed E-state index contributed by atoms with van der Waals surface area (Å²) in [4.78, 5) is 15.5. The molecule has 5 heteroatoms. The molecule has 0 aliphatic heterocycles. The maximum atomic E-state index is 9.26. The minimum absolute atomic E-state index is 0.526. The molecule has 51 heavy (non-hydrogen) atoms. The molecule has 0 radical (unpaired) electrons. The van der Waals surface area contributed by atoms with Crippen molar-refractivity contribution in [3.63, 3.8) is 0 Å². The maximum Gasteiger partial charge on any atom is 0.168 e. The third-order valence-corrected chi connectivity index (χ3v) is 9.23. The smallest absolute Gasteiger partial charge is 0.168 e. The van der Waals surface area contributed by atoms with Gasteiger partial charge in [-0.3, -0.25) is 0 Å². The Hall–Kier alpha value is -7.16. The van der Waals surface area contributed by atoms with Crippen molar-refractivity contribution >= 4 is 21.9 Å². The van der Waals surface area contributed by atoms with Crippen LogP contribution < -0.4 is 0 Å². The van der Waals surface area contributed by atoms with E-state index < -0.39 is 0 Å². The number of para-hydroxylation sites is 1. The van der Waals surface area contributed by atoms with Crippen LogP contribution in [0.25, 0.3) is 89.5 Å². The van der Waals surface area contributed by atoms with Crippen molar-refractivity contribution in [1.82, 2.24) is 15.0 Å². The second-order valence-corrected chi connectivity index (χ2v) is 12.3. The number of hydrogen-bond donors (Lipinski definition) is 0. The number of furan rings is 1. The lowest BCUT2D eigenvalue weighted by molar-refractivity contribution is 0.669. The first-order chi connectivity index (χ1) is 25.2. The van der Waals surface area contributed by atoms with E-state index in [0.29, 0.717) is 23.0 Å². The second-order valence-electron chi connectivity index (χ2n) is 12.3. The van der Waals surface area contributed by atoms with Gasteiger partial charge < -0.3 is 4.42 Å². The Morgan fingerprint density at radius 2 is 0.941 bits per heavy atom. The summed E-state index contributed by atoms with van der Waals surface area (Å²) in [5.41, 5.74) is 10.9. The highest BCUT2D eigenvalue weighted by atomic mass is 16.3. The summed E-state index contributed by atoms with van der Waals surface area (Å²) < 4.78 is 6.67. The molecular formula is C46H28N4O. The van der Waals surface area contributed by atoms with E-state index in [1.165, 1.54) is 0 Å². The molecular weight excluding hydrogens is 625 g/mol. The SMILES string of the molecule is N#Cc1ccc(-c2ccc(-c3ccc4c(oc5ccccc54)c3-c3nc(-c4ccccc4)nc(-c4ccccc4-c4ccccc4)n3)cc2)cc1. The van der Waals surface area contributed by atoms with Crippen LogP contribution >= 0.6 is 0 Å². The summed E-state index contributed by atoms with van der Waals surface area (Å²) in [7, 11) is 0. The minimum Gasteiger partial charge on any atom is -0.455 e. The summed E-state index contributed by atoms with van der Waals surface area (Å²) in [5.74, 6) is 1.68. The molecule has 0 saturated heterocycles. The average Bonchev–Trinajstić information content (AvgIpc) is 3.60. The van der Waals surface area contributed by atoms with Crippen molar-refractivity contribution in [2.45, 2.75) is 0 Å². The quantitative estimate of drug-likeness (QED) is 0.179. The maximum absolute atomic E-state index is 9.26. The highest BCUT2D eigenvalue weighted by molar-refractivity contribution is 6.12. The molecule has 0 unspecified atom stereocenters. The van der Waals surface area contributed by atoms with E-state index >= 15 is 0 Å². The van der Waals surface area contributed by atoms with E-state index in [-0.39, 0.29) is 0 Å². The molecule has 2 aromatic heterocycles. The Labute approximate surface area is 294 Å². The van der Waals surface area contributed by atoms with Gasteiger partial charge in [-0.25, -0.2) is 15.0 Å². The van der Waals surface area contributed by atoms with Crippen molar-refractivity contribution in [3.05, 3.63) is 175 Å². The van der Waals surface area contributed by atoms with Gasteiger partial charge in [0.2, 0.25) is 0 Å². The minimum atomic E-state index is 0.526. The fourth-order valence-corrected chi connectivity index (χ4v) is 6.70. The molecule has 0 aliphatic rings. The van der Waals surface area contributed by atoms with Crippen LogP contribution in [0.4, 0.5) is 0 Å². The van der Waals surface area contributed by atoms with Crippen LogP contribution in [0.15, 0.2) is 174 Å². The number of rotatable bonds is 6. The van der Waals surface area contributed by atoms with E-state index in [4.69, 9.17) is 19.4 Å². The lowest BCUT2D eigenvalue weighted by Gasteiger charge is -2.14. The van der Waals surface area contributed by atoms with Gasteiger partial charge in [0.1, 0.15) is 11.2 Å². The molecule has 0 N–H and O–H groups in total. The molecule has 0 fully saturated rings. The first-order valence-corrected chi connectivity index (χ1v) is 16.8. The number of aromatic nitrogens is 3. The van der Waals surface area contributed by atoms with Crippen molar-refractivity contribution in [2.24, 2.45) is 0 Å². The second kappa shape index (κ2) is 12.7. The molecule has 9 rings (SSSR count). The van der Waals surface area contributed by atoms with Crippen LogP contribution in [-0.4, -0.2) is 15.0 Å². The molecule has 238 valence electrons. The van der Waals surface area contributed by atoms with E-state index in [1.54, 1.807) is 0 Å². The number of nitrogens with zero attached hydrogens (tertiary/aromatic N) is 4. The zero-order valence-corrected chi connectivity index (χ0v) is 27.4. The van der Waals surface area contributed by atoms with Crippen LogP contribution in [0, 0.1) is 11.3 Å². The Balaban J connectivity index is 1.29. The number of benzene rings is 7. The Kier molecular flexibility index (Phi) is 7.46. The Bertz CT molecular complexity index is 2730. The summed E-state index contributed by atoms with van der Waals surface area (Å²) in [6, 6.07) is 59.2. The molecule has 0 aliphatic carbocycles. The van der Waals surface area contributed by atoms with Gasteiger partial charge in [0.05, 0.1) is 17.2 Å². The van der Waals surface area contributed by atoms with Crippen LogP contribution in [0.2, 0.25) is 0 Å². The molecule has 0 saturated carbocycles. The van der Waals surface area contributed by atoms with E-state index in [9.17, 15) is 5.26 Å². The highest BCUT2D eigenvalue weighted by Gasteiger charge is 2.23. The standard InChI is InChI=1S/C46H28N4O/c47-29-30-19-21-31(22-20-30)32-23-25-34(26-24-32)37-27-28-39-38-16-9-10-18-41(38)51-43(39)42(37)46-49-44(35-13-5-2-6-14-35)48-45(50-46)40-17-8-7-15-36(40)33-11-3-1-4-12-33/h1-28H. The van der Waals surface area contributed by atoms with Gasteiger partial charge in [-0.1, -0.05) is 146 Å². The van der Waals surface area contributed by atoms with Crippen molar-refractivity contribution in [3.8, 4) is 73.6 Å². The summed E-state index contributed by atoms with van der Waals surface area (Å²) in [6.45, 7) is 0. The number of fused-ring (bicyclic) bond motifs is 3. The first kappa shape index (κ1) is 29.9. The van der Waals surface area contributed by atoms with Gasteiger partial charge in [0.15, 0.2) is 17.5 Å². The van der Waals surface area contributed by atoms with Crippen LogP contribution in [0.5, 0.6) is 0 Å². The van der Waals surface area contributed by atoms with Gasteiger partial charge in [-0.2, -0.15) is 5.26 Å². The van der Waals surface area contributed by atoms with E-state index in [2.05, 4.69) is 72.8 Å². The Morgan fingerprint density at radius 1 is 0.392 bits per heavy atom. The fourth-order valence-electron chi connectivity index (χ4n) is 6.70. The van der Waals surface area contributed by atoms with Crippen LogP contribution in [-0.2, 0) is 0 Å². The van der Waals surface area contributed by atoms with Crippen molar-refractivity contribution in [1.29, 1.82) is 5.26 Å². The predicted octanol–water partition coefficient (Wildman–Crippen LogP) is 11.6.